The van der Waals surface area contributed by atoms with E-state index in [0.717, 1.165) is 0 Å². The van der Waals surface area contributed by atoms with Crippen LogP contribution in [-0.2, 0) is 13.0 Å². The third-order valence-electron chi connectivity index (χ3n) is 3.85. The minimum absolute atomic E-state index is 0.577. The molecule has 0 saturated carbocycles. The van der Waals surface area contributed by atoms with Crippen molar-refractivity contribution in [2.75, 3.05) is 0 Å². The van der Waals surface area contributed by atoms with Crippen LogP contribution in [-0.4, -0.2) is 4.57 Å². The van der Waals surface area contributed by atoms with Gasteiger partial charge < -0.3 is 0 Å². The average Bonchev–Trinajstić information content (AvgIpc) is 2.79. The van der Waals surface area contributed by atoms with Gasteiger partial charge in [0.05, 0.1) is 12.6 Å². The van der Waals surface area contributed by atoms with Crippen LogP contribution in [0.25, 0.3) is 0 Å². The van der Waals surface area contributed by atoms with Crippen LogP contribution in [0.1, 0.15) is 84.5 Å². The van der Waals surface area contributed by atoms with Gasteiger partial charge in [-0.15, -0.1) is 0 Å². The lowest BCUT2D eigenvalue weighted by Gasteiger charge is -2.07. The van der Waals surface area contributed by atoms with E-state index in [0.29, 0.717) is 6.04 Å². The summed E-state index contributed by atoms with van der Waals surface area (Å²) in [7, 11) is 0. The van der Waals surface area contributed by atoms with Crippen LogP contribution in [0.15, 0.2) is 12.4 Å². The second kappa shape index (κ2) is 9.17. The maximum atomic E-state index is 2.48. The molecule has 0 unspecified atom stereocenters. The van der Waals surface area contributed by atoms with E-state index < -0.39 is 0 Å². The van der Waals surface area contributed by atoms with Gasteiger partial charge in [0.15, 0.2) is 0 Å². The number of rotatable bonds is 10. The molecule has 2 nitrogen and oxygen atoms in total. The van der Waals surface area contributed by atoms with E-state index in [1.165, 1.54) is 63.7 Å². The van der Waals surface area contributed by atoms with Crippen molar-refractivity contribution in [3.63, 3.8) is 0 Å². The number of aromatic nitrogens is 2. The summed E-state index contributed by atoms with van der Waals surface area (Å²) in [5.74, 6) is 1.53. The first-order valence-electron chi connectivity index (χ1n) is 8.29. The Hall–Kier alpha value is -0.790. The van der Waals surface area contributed by atoms with E-state index in [9.17, 15) is 0 Å². The van der Waals surface area contributed by atoms with Gasteiger partial charge in [-0.05, 0) is 26.7 Å². The van der Waals surface area contributed by atoms with Crippen molar-refractivity contribution in [2.24, 2.45) is 0 Å². The summed E-state index contributed by atoms with van der Waals surface area (Å²) in [6.07, 6.45) is 15.2. The molecular formula is C17H33N2+. The van der Waals surface area contributed by atoms with Gasteiger partial charge in [0.25, 0.3) is 5.82 Å². The van der Waals surface area contributed by atoms with Gasteiger partial charge in [0.1, 0.15) is 12.4 Å². The predicted molar refractivity (Wildman–Crippen MR) is 82.4 cm³/mol. The normalized spacial score (nSPS) is 11.4. The predicted octanol–water partition coefficient (Wildman–Crippen LogP) is 4.67. The number of hydrogen-bond acceptors (Lipinski definition) is 0. The van der Waals surface area contributed by atoms with Gasteiger partial charge in [-0.1, -0.05) is 46.0 Å². The molecule has 19 heavy (non-hydrogen) atoms. The molecule has 0 radical (unpaired) electrons. The zero-order valence-electron chi connectivity index (χ0n) is 13.5. The van der Waals surface area contributed by atoms with Gasteiger partial charge in [-0.3, -0.25) is 0 Å². The molecule has 2 heteroatoms. The van der Waals surface area contributed by atoms with Crippen molar-refractivity contribution in [2.45, 2.75) is 91.6 Å². The highest BCUT2D eigenvalue weighted by Gasteiger charge is 2.18. The molecular weight excluding hydrogens is 232 g/mol. The van der Waals surface area contributed by atoms with Crippen LogP contribution in [0.4, 0.5) is 0 Å². The van der Waals surface area contributed by atoms with Crippen LogP contribution in [0.3, 0.4) is 0 Å². The second-order valence-electron chi connectivity index (χ2n) is 5.93. The molecule has 1 rings (SSSR count). The molecule has 110 valence electrons. The van der Waals surface area contributed by atoms with Gasteiger partial charge in [0.2, 0.25) is 0 Å². The van der Waals surface area contributed by atoms with E-state index >= 15 is 0 Å². The van der Waals surface area contributed by atoms with Crippen LogP contribution in [0, 0.1) is 0 Å². The SMILES string of the molecule is CCCCCCCc1n(C(C)C)cc[n+]1CCCC. The van der Waals surface area contributed by atoms with E-state index in [1.807, 2.05) is 0 Å². The standard InChI is InChI=1S/C17H33N2/c1-5-7-9-10-11-12-17-18(13-8-6-2)14-15-19(17)16(3)4/h14-16H,5-13H2,1-4H3/q+1. The average molecular weight is 265 g/mol. The Morgan fingerprint density at radius 1 is 1.00 bits per heavy atom. The largest absolute Gasteiger partial charge is 0.256 e. The molecule has 0 aliphatic carbocycles. The van der Waals surface area contributed by atoms with Crippen molar-refractivity contribution in [3.8, 4) is 0 Å². The smallest absolute Gasteiger partial charge is 0.234 e. The third-order valence-corrected chi connectivity index (χ3v) is 3.85. The second-order valence-corrected chi connectivity index (χ2v) is 5.93. The number of unbranched alkanes of at least 4 members (excludes halogenated alkanes) is 5. The Labute approximate surface area is 119 Å². The molecule has 1 aromatic rings. The fraction of sp³-hybridized carbons (Fsp3) is 0.824. The van der Waals surface area contributed by atoms with Gasteiger partial charge >= 0.3 is 0 Å². The molecule has 0 aliphatic heterocycles. The van der Waals surface area contributed by atoms with Crippen molar-refractivity contribution in [1.29, 1.82) is 0 Å². The highest BCUT2D eigenvalue weighted by molar-refractivity contribution is 4.86. The quantitative estimate of drug-likeness (QED) is 0.429. The Balaban J connectivity index is 2.57. The van der Waals surface area contributed by atoms with Crippen LogP contribution in [0.2, 0.25) is 0 Å². The molecule has 0 N–H and O–H groups in total. The zero-order valence-corrected chi connectivity index (χ0v) is 13.5. The first-order chi connectivity index (χ1) is 9.20. The molecule has 0 atom stereocenters. The van der Waals surface area contributed by atoms with E-state index in [1.54, 1.807) is 0 Å². The zero-order chi connectivity index (χ0) is 14.1. The monoisotopic (exact) mass is 265 g/mol. The van der Waals surface area contributed by atoms with E-state index in [2.05, 4.69) is 49.2 Å². The van der Waals surface area contributed by atoms with Gasteiger partial charge in [-0.2, -0.15) is 0 Å². The van der Waals surface area contributed by atoms with Crippen molar-refractivity contribution < 1.29 is 4.57 Å². The minimum Gasteiger partial charge on any atom is -0.234 e. The third kappa shape index (κ3) is 5.38. The summed E-state index contributed by atoms with van der Waals surface area (Å²) in [4.78, 5) is 0. The van der Waals surface area contributed by atoms with Crippen molar-refractivity contribution in [1.82, 2.24) is 4.57 Å². The fourth-order valence-electron chi connectivity index (χ4n) is 2.63. The maximum Gasteiger partial charge on any atom is 0.256 e. The first kappa shape index (κ1) is 16.3. The van der Waals surface area contributed by atoms with Crippen LogP contribution in [0.5, 0.6) is 0 Å². The van der Waals surface area contributed by atoms with Crippen LogP contribution < -0.4 is 4.57 Å². The molecule has 0 saturated heterocycles. The Morgan fingerprint density at radius 2 is 1.68 bits per heavy atom. The topological polar surface area (TPSA) is 8.81 Å². The lowest BCUT2D eigenvalue weighted by Crippen LogP contribution is -2.37. The molecule has 0 aliphatic rings. The highest BCUT2D eigenvalue weighted by atomic mass is 15.2. The lowest BCUT2D eigenvalue weighted by molar-refractivity contribution is -0.704. The number of hydrogen-bond donors (Lipinski definition) is 0. The summed E-state index contributed by atoms with van der Waals surface area (Å²) in [5, 5.41) is 0. The summed E-state index contributed by atoms with van der Waals surface area (Å²) < 4.78 is 4.93. The van der Waals surface area contributed by atoms with Gasteiger partial charge in [-0.25, -0.2) is 9.13 Å². The first-order valence-corrected chi connectivity index (χ1v) is 8.29. The molecule has 0 spiro atoms. The Bertz CT molecular complexity index is 339. The summed E-state index contributed by atoms with van der Waals surface area (Å²) in [5.41, 5.74) is 0. The number of imidazole rings is 1. The van der Waals surface area contributed by atoms with E-state index in [4.69, 9.17) is 0 Å². The van der Waals surface area contributed by atoms with Gasteiger partial charge in [0, 0.05) is 6.42 Å². The maximum absolute atomic E-state index is 2.48. The number of nitrogens with zero attached hydrogens (tertiary/aromatic N) is 2. The number of aryl methyl sites for hydroxylation is 1. The van der Waals surface area contributed by atoms with Crippen molar-refractivity contribution >= 4 is 0 Å². The Kier molecular flexibility index (Phi) is 7.85. The molecule has 0 bridgehead atoms. The molecule has 0 amide bonds. The Morgan fingerprint density at radius 3 is 2.32 bits per heavy atom. The summed E-state index contributed by atoms with van der Waals surface area (Å²) >= 11 is 0. The van der Waals surface area contributed by atoms with Crippen LogP contribution >= 0.6 is 0 Å². The van der Waals surface area contributed by atoms with E-state index in [-0.39, 0.29) is 0 Å². The molecule has 0 fully saturated rings. The minimum atomic E-state index is 0.577. The molecule has 1 aromatic heterocycles. The molecule has 0 aromatic carbocycles. The fourth-order valence-corrected chi connectivity index (χ4v) is 2.63. The summed E-state index contributed by atoms with van der Waals surface area (Å²) in [6.45, 7) is 10.3. The summed E-state index contributed by atoms with van der Waals surface area (Å²) in [6, 6.07) is 0.577. The molecule has 1 heterocycles. The van der Waals surface area contributed by atoms with Crippen molar-refractivity contribution in [3.05, 3.63) is 18.2 Å². The highest BCUT2D eigenvalue weighted by Crippen LogP contribution is 2.12. The lowest BCUT2D eigenvalue weighted by atomic mass is 10.1.